The molecule has 0 unspecified atom stereocenters. The Morgan fingerprint density at radius 3 is 2.32 bits per heavy atom. The first-order chi connectivity index (χ1) is 13.2. The second-order valence-electron chi connectivity index (χ2n) is 7.93. The van der Waals surface area contributed by atoms with Gasteiger partial charge in [0.05, 0.1) is 11.9 Å². The van der Waals surface area contributed by atoms with Crippen molar-refractivity contribution in [2.75, 3.05) is 7.05 Å². The standard InChI is InChI=1S/C23H26N2O3/c1-23(2,3)28-22(27)25-16-18(19-12-8-9-13-20(19)25)14-21(26)24(4)15-17-10-6-5-7-11-17/h5-13,16H,14-15H2,1-4H3. The van der Waals surface area contributed by atoms with Crippen LogP contribution in [-0.2, 0) is 22.5 Å². The number of rotatable bonds is 4. The van der Waals surface area contributed by atoms with Crippen LogP contribution in [0.5, 0.6) is 0 Å². The first kappa shape index (κ1) is 19.7. The van der Waals surface area contributed by atoms with Crippen LogP contribution in [0.2, 0.25) is 0 Å². The highest BCUT2D eigenvalue weighted by Crippen LogP contribution is 2.24. The SMILES string of the molecule is CN(Cc1ccccc1)C(=O)Cc1cn(C(=O)OC(C)(C)C)c2ccccc12. The molecule has 3 aromatic rings. The molecule has 0 atom stereocenters. The normalized spacial score (nSPS) is 11.4. The van der Waals surface area contributed by atoms with Crippen LogP contribution in [0.3, 0.4) is 0 Å². The van der Waals surface area contributed by atoms with Crippen LogP contribution in [0.4, 0.5) is 4.79 Å². The smallest absolute Gasteiger partial charge is 0.419 e. The number of carbonyl (C=O) groups excluding carboxylic acids is 2. The maximum atomic E-state index is 12.8. The van der Waals surface area contributed by atoms with Gasteiger partial charge in [0.2, 0.25) is 5.91 Å². The highest BCUT2D eigenvalue weighted by Gasteiger charge is 2.22. The second-order valence-corrected chi connectivity index (χ2v) is 7.93. The molecule has 0 spiro atoms. The van der Waals surface area contributed by atoms with Gasteiger partial charge in [-0.2, -0.15) is 0 Å². The Balaban J connectivity index is 1.83. The summed E-state index contributed by atoms with van der Waals surface area (Å²) < 4.78 is 6.99. The van der Waals surface area contributed by atoms with E-state index >= 15 is 0 Å². The minimum Gasteiger partial charge on any atom is -0.443 e. The van der Waals surface area contributed by atoms with Crippen LogP contribution < -0.4 is 0 Å². The van der Waals surface area contributed by atoms with Crippen molar-refractivity contribution in [1.82, 2.24) is 9.47 Å². The summed E-state index contributed by atoms with van der Waals surface area (Å²) in [6.07, 6.45) is 1.49. The molecule has 28 heavy (non-hydrogen) atoms. The van der Waals surface area contributed by atoms with Gasteiger partial charge in [0.15, 0.2) is 0 Å². The zero-order chi connectivity index (χ0) is 20.3. The fourth-order valence-corrected chi connectivity index (χ4v) is 3.10. The molecule has 5 nitrogen and oxygen atoms in total. The van der Waals surface area contributed by atoms with Gasteiger partial charge in [0.1, 0.15) is 5.60 Å². The molecule has 0 radical (unpaired) electrons. The van der Waals surface area contributed by atoms with Crippen LogP contribution in [-0.4, -0.2) is 34.1 Å². The van der Waals surface area contributed by atoms with Crippen molar-refractivity contribution in [2.24, 2.45) is 0 Å². The quantitative estimate of drug-likeness (QED) is 0.665. The number of aromatic nitrogens is 1. The molecular weight excluding hydrogens is 352 g/mol. The van der Waals surface area contributed by atoms with Crippen LogP contribution in [0, 0.1) is 0 Å². The molecule has 0 saturated carbocycles. The third-order valence-electron chi connectivity index (χ3n) is 4.41. The van der Waals surface area contributed by atoms with E-state index in [2.05, 4.69) is 0 Å². The van der Waals surface area contributed by atoms with Gasteiger partial charge in [-0.15, -0.1) is 0 Å². The lowest BCUT2D eigenvalue weighted by Crippen LogP contribution is -2.28. The van der Waals surface area contributed by atoms with E-state index in [0.717, 1.165) is 22.0 Å². The summed E-state index contributed by atoms with van der Waals surface area (Å²) in [4.78, 5) is 27.1. The number of para-hydroxylation sites is 1. The molecule has 0 bridgehead atoms. The molecule has 0 aliphatic carbocycles. The largest absolute Gasteiger partial charge is 0.443 e. The van der Waals surface area contributed by atoms with Crippen LogP contribution in [0.25, 0.3) is 10.9 Å². The fraction of sp³-hybridized carbons (Fsp3) is 0.304. The Kier molecular flexibility index (Phi) is 5.54. The van der Waals surface area contributed by atoms with Crippen LogP contribution >= 0.6 is 0 Å². The van der Waals surface area contributed by atoms with Gasteiger partial charge in [0.25, 0.3) is 0 Å². The Labute approximate surface area is 165 Å². The number of benzene rings is 2. The number of carbonyl (C=O) groups is 2. The molecule has 146 valence electrons. The average molecular weight is 378 g/mol. The van der Waals surface area contributed by atoms with Crippen molar-refractivity contribution in [2.45, 2.75) is 39.3 Å². The molecule has 2 aromatic carbocycles. The zero-order valence-electron chi connectivity index (χ0n) is 16.8. The summed E-state index contributed by atoms with van der Waals surface area (Å²) in [5.41, 5.74) is 2.04. The predicted molar refractivity (Wildman–Crippen MR) is 110 cm³/mol. The highest BCUT2D eigenvalue weighted by molar-refractivity contribution is 5.94. The number of hydrogen-bond acceptors (Lipinski definition) is 3. The van der Waals surface area contributed by atoms with Crippen molar-refractivity contribution in [1.29, 1.82) is 0 Å². The Bertz CT molecular complexity index is 984. The van der Waals surface area contributed by atoms with Crippen molar-refractivity contribution in [3.05, 3.63) is 71.9 Å². The third kappa shape index (κ3) is 4.60. The molecule has 0 aliphatic heterocycles. The van der Waals surface area contributed by atoms with Crippen molar-refractivity contribution in [3.8, 4) is 0 Å². The Morgan fingerprint density at radius 2 is 1.64 bits per heavy atom. The summed E-state index contributed by atoms with van der Waals surface area (Å²) in [7, 11) is 1.79. The van der Waals surface area contributed by atoms with E-state index in [1.807, 2.05) is 75.4 Å². The minimum atomic E-state index is -0.589. The molecule has 1 amide bonds. The number of nitrogens with zero attached hydrogens (tertiary/aromatic N) is 2. The van der Waals surface area contributed by atoms with E-state index < -0.39 is 11.7 Å². The lowest BCUT2D eigenvalue weighted by Gasteiger charge is -2.19. The Morgan fingerprint density at radius 1 is 1.00 bits per heavy atom. The lowest BCUT2D eigenvalue weighted by molar-refractivity contribution is -0.129. The summed E-state index contributed by atoms with van der Waals surface area (Å²) in [5.74, 6) is -0.00375. The summed E-state index contributed by atoms with van der Waals surface area (Å²) >= 11 is 0. The molecule has 1 heterocycles. The summed E-state index contributed by atoms with van der Waals surface area (Å²) in [6, 6.07) is 17.4. The van der Waals surface area contributed by atoms with Crippen molar-refractivity contribution in [3.63, 3.8) is 0 Å². The van der Waals surface area contributed by atoms with E-state index in [1.54, 1.807) is 18.1 Å². The predicted octanol–water partition coefficient (Wildman–Crippen LogP) is 4.63. The topological polar surface area (TPSA) is 51.5 Å². The number of hydrogen-bond donors (Lipinski definition) is 0. The lowest BCUT2D eigenvalue weighted by atomic mass is 10.1. The van der Waals surface area contributed by atoms with E-state index in [0.29, 0.717) is 6.54 Å². The third-order valence-corrected chi connectivity index (χ3v) is 4.41. The number of ether oxygens (including phenoxy) is 1. The fourth-order valence-electron chi connectivity index (χ4n) is 3.10. The van der Waals surface area contributed by atoms with Gasteiger partial charge in [0, 0.05) is 25.2 Å². The van der Waals surface area contributed by atoms with Crippen LogP contribution in [0.15, 0.2) is 60.8 Å². The van der Waals surface area contributed by atoms with Gasteiger partial charge >= 0.3 is 6.09 Å². The summed E-state index contributed by atoms with van der Waals surface area (Å²) in [5, 5.41) is 0.884. The first-order valence-corrected chi connectivity index (χ1v) is 9.35. The molecule has 0 fully saturated rings. The molecule has 0 aliphatic rings. The van der Waals surface area contributed by atoms with Crippen molar-refractivity contribution >= 4 is 22.9 Å². The maximum Gasteiger partial charge on any atom is 0.419 e. The van der Waals surface area contributed by atoms with Gasteiger partial charge in [-0.1, -0.05) is 48.5 Å². The van der Waals surface area contributed by atoms with E-state index in [-0.39, 0.29) is 12.3 Å². The molecular formula is C23H26N2O3. The van der Waals surface area contributed by atoms with E-state index in [1.165, 1.54) is 4.57 Å². The van der Waals surface area contributed by atoms with E-state index in [9.17, 15) is 9.59 Å². The second kappa shape index (κ2) is 7.89. The minimum absolute atomic E-state index is 0.00375. The van der Waals surface area contributed by atoms with E-state index in [4.69, 9.17) is 4.74 Å². The maximum absolute atomic E-state index is 12.8. The van der Waals surface area contributed by atoms with Gasteiger partial charge < -0.3 is 9.64 Å². The number of fused-ring (bicyclic) bond motifs is 1. The van der Waals surface area contributed by atoms with Gasteiger partial charge in [-0.25, -0.2) is 4.79 Å². The molecule has 1 aromatic heterocycles. The summed E-state index contributed by atoms with van der Waals surface area (Å²) in [6.45, 7) is 6.04. The number of amides is 1. The monoisotopic (exact) mass is 378 g/mol. The van der Waals surface area contributed by atoms with Gasteiger partial charge in [-0.05, 0) is 38.0 Å². The molecule has 3 rings (SSSR count). The van der Waals surface area contributed by atoms with Crippen molar-refractivity contribution < 1.29 is 14.3 Å². The molecule has 0 N–H and O–H groups in total. The Hall–Kier alpha value is -3.08. The molecule has 0 saturated heterocycles. The van der Waals surface area contributed by atoms with Crippen LogP contribution in [0.1, 0.15) is 31.9 Å². The molecule has 5 heteroatoms. The zero-order valence-corrected chi connectivity index (χ0v) is 16.8. The van der Waals surface area contributed by atoms with Gasteiger partial charge in [-0.3, -0.25) is 9.36 Å². The highest BCUT2D eigenvalue weighted by atomic mass is 16.6. The number of likely N-dealkylation sites (N-methyl/N-ethyl adjacent to an activating group) is 1. The average Bonchev–Trinajstić information content (AvgIpc) is 3.00. The first-order valence-electron chi connectivity index (χ1n) is 9.35.